The second-order valence-electron chi connectivity index (χ2n) is 9.04. The molecule has 8 nitrogen and oxygen atoms in total. The summed E-state index contributed by atoms with van der Waals surface area (Å²) in [4.78, 5) is 28.2. The van der Waals surface area contributed by atoms with Gasteiger partial charge >= 0.3 is 6.36 Å². The average molecular weight is 508 g/mol. The molecule has 4 rings (SSSR count). The summed E-state index contributed by atoms with van der Waals surface area (Å²) < 4.78 is 42.3. The number of aliphatic hydroxyl groups is 2. The van der Waals surface area contributed by atoms with Crippen molar-refractivity contribution in [1.29, 1.82) is 0 Å². The van der Waals surface area contributed by atoms with E-state index in [2.05, 4.69) is 10.1 Å². The number of anilines is 1. The summed E-state index contributed by atoms with van der Waals surface area (Å²) in [6.45, 7) is 1.72. The SMILES string of the molecule is O=C(NCC1CCN(c2ccccc2OC(F)(F)F)CC1)C(O)C(O)C(=O)N1Cc2ccccc2C1. The number of hydrogen-bond acceptors (Lipinski definition) is 6. The van der Waals surface area contributed by atoms with Crippen LogP contribution in [0.3, 0.4) is 0 Å². The minimum Gasteiger partial charge on any atom is -0.404 e. The molecule has 36 heavy (non-hydrogen) atoms. The molecule has 2 atom stereocenters. The Balaban J connectivity index is 1.24. The number of nitrogens with one attached hydrogen (secondary N) is 1. The lowest BCUT2D eigenvalue weighted by Crippen LogP contribution is -2.50. The first kappa shape index (κ1) is 25.8. The Hall–Kier alpha value is -3.31. The molecule has 2 aromatic rings. The van der Waals surface area contributed by atoms with Crippen LogP contribution in [0, 0.1) is 5.92 Å². The van der Waals surface area contributed by atoms with Gasteiger partial charge < -0.3 is 30.1 Å². The van der Waals surface area contributed by atoms with E-state index in [1.807, 2.05) is 24.3 Å². The van der Waals surface area contributed by atoms with Gasteiger partial charge in [0.05, 0.1) is 5.69 Å². The van der Waals surface area contributed by atoms with Gasteiger partial charge in [0.25, 0.3) is 11.8 Å². The molecule has 3 N–H and O–H groups in total. The van der Waals surface area contributed by atoms with Crippen LogP contribution in [0.15, 0.2) is 48.5 Å². The number of fused-ring (bicyclic) bond motifs is 1. The molecule has 0 aromatic heterocycles. The number of carbonyl (C=O) groups excluding carboxylic acids is 2. The molecule has 2 aromatic carbocycles. The summed E-state index contributed by atoms with van der Waals surface area (Å²) >= 11 is 0. The molecule has 0 aliphatic carbocycles. The van der Waals surface area contributed by atoms with Crippen LogP contribution in [-0.4, -0.2) is 65.1 Å². The number of rotatable bonds is 7. The first-order valence-corrected chi connectivity index (χ1v) is 11.7. The Morgan fingerprint density at radius 1 is 0.972 bits per heavy atom. The summed E-state index contributed by atoms with van der Waals surface area (Å²) in [5, 5.41) is 23.1. The summed E-state index contributed by atoms with van der Waals surface area (Å²) in [6.07, 6.45) is -7.40. The van der Waals surface area contributed by atoms with E-state index in [0.717, 1.165) is 11.1 Å². The van der Waals surface area contributed by atoms with Crippen LogP contribution >= 0.6 is 0 Å². The maximum absolute atomic E-state index is 12.7. The van der Waals surface area contributed by atoms with Crippen LogP contribution in [0.5, 0.6) is 5.75 Å². The van der Waals surface area contributed by atoms with Crippen molar-refractivity contribution in [2.45, 2.75) is 44.5 Å². The summed E-state index contributed by atoms with van der Waals surface area (Å²) in [5.41, 5.74) is 2.25. The number of ether oxygens (including phenoxy) is 1. The van der Waals surface area contributed by atoms with Gasteiger partial charge in [-0.25, -0.2) is 0 Å². The molecule has 0 bridgehead atoms. The number of benzene rings is 2. The Labute approximate surface area is 206 Å². The maximum Gasteiger partial charge on any atom is 0.573 e. The molecule has 2 heterocycles. The topological polar surface area (TPSA) is 102 Å². The molecule has 1 fully saturated rings. The van der Waals surface area contributed by atoms with Gasteiger partial charge in [-0.3, -0.25) is 9.59 Å². The van der Waals surface area contributed by atoms with E-state index in [1.54, 1.807) is 17.0 Å². The van der Waals surface area contributed by atoms with E-state index >= 15 is 0 Å². The fourth-order valence-electron chi connectivity index (χ4n) is 4.61. The third kappa shape index (κ3) is 6.08. The number of nitrogens with zero attached hydrogens (tertiary/aromatic N) is 2. The number of carbonyl (C=O) groups is 2. The standard InChI is InChI=1S/C25H28F3N3O5/c26-25(27,28)36-20-8-4-3-7-19(20)30-11-9-16(10-12-30)13-29-23(34)21(32)22(33)24(35)31-14-17-5-1-2-6-18(17)15-31/h1-8,16,21-22,32-33H,9-15H2,(H,29,34). The normalized spacial score (nSPS) is 17.9. The molecular weight excluding hydrogens is 479 g/mol. The second-order valence-corrected chi connectivity index (χ2v) is 9.04. The van der Waals surface area contributed by atoms with Crippen LogP contribution in [-0.2, 0) is 22.7 Å². The highest BCUT2D eigenvalue weighted by molar-refractivity contribution is 5.91. The van der Waals surface area contributed by atoms with Gasteiger partial charge in [0, 0.05) is 32.7 Å². The number of amides is 2. The second kappa shape index (κ2) is 10.8. The molecule has 2 aliphatic heterocycles. The van der Waals surface area contributed by atoms with Gasteiger partial charge in [0.15, 0.2) is 18.0 Å². The fourth-order valence-corrected chi connectivity index (χ4v) is 4.61. The van der Waals surface area contributed by atoms with Crippen molar-refractivity contribution in [2.24, 2.45) is 5.92 Å². The van der Waals surface area contributed by atoms with Crippen molar-refractivity contribution in [3.63, 3.8) is 0 Å². The largest absolute Gasteiger partial charge is 0.573 e. The Morgan fingerprint density at radius 3 is 2.17 bits per heavy atom. The monoisotopic (exact) mass is 507 g/mol. The minimum atomic E-state index is -4.79. The molecule has 2 unspecified atom stereocenters. The number of alkyl halides is 3. The first-order valence-electron chi connectivity index (χ1n) is 11.7. The van der Waals surface area contributed by atoms with Crippen molar-refractivity contribution in [2.75, 3.05) is 24.5 Å². The van der Waals surface area contributed by atoms with Gasteiger partial charge in [-0.15, -0.1) is 13.2 Å². The van der Waals surface area contributed by atoms with Crippen LogP contribution in [0.1, 0.15) is 24.0 Å². The lowest BCUT2D eigenvalue weighted by atomic mass is 9.96. The zero-order chi connectivity index (χ0) is 25.9. The van der Waals surface area contributed by atoms with E-state index in [1.165, 1.54) is 17.0 Å². The predicted octanol–water partition coefficient (Wildman–Crippen LogP) is 2.18. The van der Waals surface area contributed by atoms with E-state index < -0.39 is 30.4 Å². The quantitative estimate of drug-likeness (QED) is 0.531. The van der Waals surface area contributed by atoms with Crippen LogP contribution in [0.4, 0.5) is 18.9 Å². The van der Waals surface area contributed by atoms with Gasteiger partial charge in [0.1, 0.15) is 0 Å². The minimum absolute atomic E-state index is 0.0222. The third-order valence-electron chi connectivity index (χ3n) is 6.58. The molecule has 2 aliphatic rings. The smallest absolute Gasteiger partial charge is 0.404 e. The zero-order valence-electron chi connectivity index (χ0n) is 19.4. The van der Waals surface area contributed by atoms with Crippen LogP contribution in [0.25, 0.3) is 0 Å². The first-order chi connectivity index (χ1) is 17.1. The van der Waals surface area contributed by atoms with E-state index in [0.29, 0.717) is 44.7 Å². The Bertz CT molecular complexity index is 1060. The van der Waals surface area contributed by atoms with Crippen LogP contribution < -0.4 is 15.0 Å². The van der Waals surface area contributed by atoms with Gasteiger partial charge in [0.2, 0.25) is 0 Å². The molecule has 11 heteroatoms. The number of hydrogen-bond donors (Lipinski definition) is 3. The molecule has 0 saturated carbocycles. The third-order valence-corrected chi connectivity index (χ3v) is 6.58. The number of piperidine rings is 1. The van der Waals surface area contributed by atoms with Gasteiger partial charge in [-0.1, -0.05) is 36.4 Å². The molecule has 2 amide bonds. The fraction of sp³-hybridized carbons (Fsp3) is 0.440. The molecule has 1 saturated heterocycles. The lowest BCUT2D eigenvalue weighted by Gasteiger charge is -2.34. The summed E-state index contributed by atoms with van der Waals surface area (Å²) in [7, 11) is 0. The van der Waals surface area contributed by atoms with Crippen LogP contribution in [0.2, 0.25) is 0 Å². The maximum atomic E-state index is 12.7. The Morgan fingerprint density at radius 2 is 1.56 bits per heavy atom. The highest BCUT2D eigenvalue weighted by Gasteiger charge is 2.36. The number of aliphatic hydroxyl groups excluding tert-OH is 2. The van der Waals surface area contributed by atoms with Crippen molar-refractivity contribution in [3.05, 3.63) is 59.7 Å². The van der Waals surface area contributed by atoms with Crippen molar-refractivity contribution >= 4 is 17.5 Å². The van der Waals surface area contributed by atoms with Gasteiger partial charge in [-0.05, 0) is 42.0 Å². The highest BCUT2D eigenvalue weighted by Crippen LogP contribution is 2.34. The molecule has 194 valence electrons. The highest BCUT2D eigenvalue weighted by atomic mass is 19.4. The van der Waals surface area contributed by atoms with Crippen molar-refractivity contribution < 1.29 is 37.7 Å². The molecule has 0 radical (unpaired) electrons. The number of halogens is 3. The van der Waals surface area contributed by atoms with Gasteiger partial charge in [-0.2, -0.15) is 0 Å². The molecule has 0 spiro atoms. The van der Waals surface area contributed by atoms with E-state index in [9.17, 15) is 33.0 Å². The predicted molar refractivity (Wildman–Crippen MR) is 124 cm³/mol. The molecular formula is C25H28F3N3O5. The zero-order valence-corrected chi connectivity index (χ0v) is 19.4. The van der Waals surface area contributed by atoms with E-state index in [4.69, 9.17) is 0 Å². The summed E-state index contributed by atoms with van der Waals surface area (Å²) in [6, 6.07) is 13.4. The lowest BCUT2D eigenvalue weighted by molar-refractivity contribution is -0.274. The van der Waals surface area contributed by atoms with E-state index in [-0.39, 0.29) is 18.2 Å². The Kier molecular flexibility index (Phi) is 7.70. The number of para-hydroxylation sites is 2. The average Bonchev–Trinajstić information content (AvgIpc) is 3.30. The van der Waals surface area contributed by atoms with Crippen molar-refractivity contribution in [3.8, 4) is 5.75 Å². The van der Waals surface area contributed by atoms with Crippen molar-refractivity contribution in [1.82, 2.24) is 10.2 Å². The summed E-state index contributed by atoms with van der Waals surface area (Å²) in [5.74, 6) is -1.81.